The molecule has 0 spiro atoms. The normalized spacial score (nSPS) is 12.9. The topological polar surface area (TPSA) is 68.8 Å². The van der Waals surface area contributed by atoms with Gasteiger partial charge in [0, 0.05) is 17.4 Å². The van der Waals surface area contributed by atoms with Crippen molar-refractivity contribution < 1.29 is 19.0 Å². The molecule has 4 rings (SSSR count). The number of carbonyl (C=O) groups excluding carboxylic acids is 1. The summed E-state index contributed by atoms with van der Waals surface area (Å²) in [5.41, 5.74) is 2.61. The third-order valence-electron chi connectivity index (χ3n) is 4.52. The van der Waals surface area contributed by atoms with Crippen LogP contribution >= 0.6 is 0 Å². The third-order valence-corrected chi connectivity index (χ3v) is 4.52. The highest BCUT2D eigenvalue weighted by Gasteiger charge is 2.17. The quantitative estimate of drug-likeness (QED) is 0.624. The molecule has 0 saturated carbocycles. The fraction of sp³-hybridized carbons (Fsp3) is 0.174. The van der Waals surface area contributed by atoms with Gasteiger partial charge in [0.25, 0.3) is 0 Å². The Labute approximate surface area is 169 Å². The minimum absolute atomic E-state index is 0.138. The lowest BCUT2D eigenvalue weighted by Gasteiger charge is -2.16. The van der Waals surface area contributed by atoms with Crippen LogP contribution in [0.5, 0.6) is 17.2 Å². The van der Waals surface area contributed by atoms with E-state index in [0.29, 0.717) is 23.8 Å². The lowest BCUT2D eigenvalue weighted by Crippen LogP contribution is -2.31. The Morgan fingerprint density at radius 2 is 1.69 bits per heavy atom. The van der Waals surface area contributed by atoms with E-state index in [-0.39, 0.29) is 12.7 Å². The van der Waals surface area contributed by atoms with Crippen molar-refractivity contribution in [2.75, 3.05) is 17.4 Å². The van der Waals surface area contributed by atoms with Crippen molar-refractivity contribution in [3.63, 3.8) is 0 Å². The van der Waals surface area contributed by atoms with Crippen molar-refractivity contribution in [2.24, 2.45) is 0 Å². The second-order valence-electron chi connectivity index (χ2n) is 6.72. The fourth-order valence-electron chi connectivity index (χ4n) is 2.93. The molecular weight excluding hydrogens is 368 g/mol. The number of amides is 1. The second-order valence-corrected chi connectivity index (χ2v) is 6.72. The molecule has 2 N–H and O–H groups in total. The molecule has 1 heterocycles. The van der Waals surface area contributed by atoms with Gasteiger partial charge in [-0.05, 0) is 48.9 Å². The molecule has 0 radical (unpaired) electrons. The van der Waals surface area contributed by atoms with Gasteiger partial charge in [-0.3, -0.25) is 4.79 Å². The lowest BCUT2D eigenvalue weighted by molar-refractivity contribution is -0.116. The molecular formula is C23H22N2O4. The molecule has 1 atom stereocenters. The summed E-state index contributed by atoms with van der Waals surface area (Å²) in [6.07, 6.45) is 0. The molecule has 0 fully saturated rings. The average Bonchev–Trinajstić information content (AvgIpc) is 3.22. The summed E-state index contributed by atoms with van der Waals surface area (Å²) in [4.78, 5) is 12.5. The van der Waals surface area contributed by atoms with Crippen molar-refractivity contribution in [2.45, 2.75) is 19.6 Å². The van der Waals surface area contributed by atoms with Gasteiger partial charge < -0.3 is 24.8 Å². The maximum Gasteiger partial charge on any atom is 0.246 e. The predicted octanol–water partition coefficient (Wildman–Crippen LogP) is 4.43. The number of hydrogen-bond acceptors (Lipinski definition) is 5. The largest absolute Gasteiger partial charge is 0.489 e. The van der Waals surface area contributed by atoms with E-state index < -0.39 is 6.04 Å². The van der Waals surface area contributed by atoms with Gasteiger partial charge in [-0.25, -0.2) is 0 Å². The summed E-state index contributed by atoms with van der Waals surface area (Å²) >= 11 is 0. The number of anilines is 2. The Kier molecular flexibility index (Phi) is 5.52. The molecule has 3 aromatic rings. The first kappa shape index (κ1) is 18.7. The minimum Gasteiger partial charge on any atom is -0.489 e. The van der Waals surface area contributed by atoms with Crippen LogP contribution in [0.2, 0.25) is 0 Å². The Balaban J connectivity index is 1.29. The fourth-order valence-corrected chi connectivity index (χ4v) is 2.93. The van der Waals surface area contributed by atoms with Crippen molar-refractivity contribution >= 4 is 17.3 Å². The first-order valence-electron chi connectivity index (χ1n) is 9.41. The Morgan fingerprint density at radius 3 is 2.48 bits per heavy atom. The molecule has 1 amide bonds. The highest BCUT2D eigenvalue weighted by molar-refractivity contribution is 5.96. The molecule has 148 valence electrons. The van der Waals surface area contributed by atoms with Gasteiger partial charge >= 0.3 is 0 Å². The van der Waals surface area contributed by atoms with Crippen molar-refractivity contribution in [3.05, 3.63) is 78.4 Å². The van der Waals surface area contributed by atoms with Gasteiger partial charge in [0.05, 0.1) is 0 Å². The van der Waals surface area contributed by atoms with Crippen LogP contribution in [0.1, 0.15) is 12.5 Å². The number of hydrogen-bond donors (Lipinski definition) is 2. The first-order valence-corrected chi connectivity index (χ1v) is 9.41. The highest BCUT2D eigenvalue weighted by Crippen LogP contribution is 2.34. The molecule has 6 heteroatoms. The van der Waals surface area contributed by atoms with Crippen LogP contribution in [0.25, 0.3) is 0 Å². The Bertz CT molecular complexity index is 974. The lowest BCUT2D eigenvalue weighted by atomic mass is 10.2. The summed E-state index contributed by atoms with van der Waals surface area (Å²) in [6.45, 7) is 2.53. The number of benzene rings is 3. The van der Waals surface area contributed by atoms with Gasteiger partial charge in [0.1, 0.15) is 18.4 Å². The van der Waals surface area contributed by atoms with Gasteiger partial charge in [-0.2, -0.15) is 0 Å². The number of ether oxygens (including phenoxy) is 3. The molecule has 1 aliphatic heterocycles. The maximum absolute atomic E-state index is 12.5. The summed E-state index contributed by atoms with van der Waals surface area (Å²) in [6, 6.07) is 22.4. The Hall–Kier alpha value is -3.67. The monoisotopic (exact) mass is 390 g/mol. The molecule has 0 aromatic heterocycles. The van der Waals surface area contributed by atoms with E-state index in [9.17, 15) is 4.79 Å². The van der Waals surface area contributed by atoms with Crippen LogP contribution < -0.4 is 24.8 Å². The molecule has 0 unspecified atom stereocenters. The molecule has 0 saturated heterocycles. The van der Waals surface area contributed by atoms with Crippen LogP contribution in [-0.2, 0) is 11.4 Å². The first-order chi connectivity index (χ1) is 14.2. The number of fused-ring (bicyclic) bond motifs is 1. The molecule has 0 bridgehead atoms. The van der Waals surface area contributed by atoms with Crippen LogP contribution in [0.3, 0.4) is 0 Å². The molecule has 6 nitrogen and oxygen atoms in total. The summed E-state index contributed by atoms with van der Waals surface area (Å²) in [5.74, 6) is 2.00. The summed E-state index contributed by atoms with van der Waals surface area (Å²) in [7, 11) is 0. The SMILES string of the molecule is C[C@@H](Nc1ccc2c(c1)OCO2)C(=O)Nc1ccc(OCc2ccccc2)cc1. The number of carbonyl (C=O) groups is 1. The van der Waals surface area contributed by atoms with E-state index in [2.05, 4.69) is 10.6 Å². The molecule has 1 aliphatic rings. The molecule has 0 aliphatic carbocycles. The van der Waals surface area contributed by atoms with Crippen molar-refractivity contribution in [1.82, 2.24) is 0 Å². The van der Waals surface area contributed by atoms with E-state index in [1.165, 1.54) is 0 Å². The van der Waals surface area contributed by atoms with E-state index in [1.54, 1.807) is 6.92 Å². The van der Waals surface area contributed by atoms with Crippen LogP contribution in [-0.4, -0.2) is 18.7 Å². The number of nitrogens with one attached hydrogen (secondary N) is 2. The van der Waals surface area contributed by atoms with E-state index >= 15 is 0 Å². The second kappa shape index (κ2) is 8.56. The maximum atomic E-state index is 12.5. The third kappa shape index (κ3) is 4.79. The zero-order valence-corrected chi connectivity index (χ0v) is 16.1. The van der Waals surface area contributed by atoms with Crippen LogP contribution in [0.15, 0.2) is 72.8 Å². The summed E-state index contributed by atoms with van der Waals surface area (Å²) < 4.78 is 16.4. The highest BCUT2D eigenvalue weighted by atomic mass is 16.7. The van der Waals surface area contributed by atoms with Gasteiger partial charge in [-0.1, -0.05) is 30.3 Å². The Morgan fingerprint density at radius 1 is 0.966 bits per heavy atom. The molecule has 29 heavy (non-hydrogen) atoms. The summed E-state index contributed by atoms with van der Waals surface area (Å²) in [5, 5.41) is 6.07. The molecule has 3 aromatic carbocycles. The van der Waals surface area contributed by atoms with Gasteiger partial charge in [0.15, 0.2) is 11.5 Å². The van der Waals surface area contributed by atoms with E-state index in [4.69, 9.17) is 14.2 Å². The minimum atomic E-state index is -0.427. The van der Waals surface area contributed by atoms with Crippen LogP contribution in [0, 0.1) is 0 Å². The number of rotatable bonds is 7. The smallest absolute Gasteiger partial charge is 0.246 e. The predicted molar refractivity (Wildman–Crippen MR) is 111 cm³/mol. The zero-order chi connectivity index (χ0) is 20.1. The van der Waals surface area contributed by atoms with Gasteiger partial charge in [0.2, 0.25) is 12.7 Å². The van der Waals surface area contributed by atoms with E-state index in [1.807, 2.05) is 72.8 Å². The zero-order valence-electron chi connectivity index (χ0n) is 16.1. The van der Waals surface area contributed by atoms with E-state index in [0.717, 1.165) is 17.0 Å². The van der Waals surface area contributed by atoms with Crippen LogP contribution in [0.4, 0.5) is 11.4 Å². The standard InChI is InChI=1S/C23H22N2O4/c1-16(24-19-9-12-21-22(13-19)29-15-28-21)23(26)25-18-7-10-20(11-8-18)27-14-17-5-3-2-4-6-17/h2-13,16,24H,14-15H2,1H3,(H,25,26)/t16-/m1/s1. The van der Waals surface area contributed by atoms with Crippen molar-refractivity contribution in [3.8, 4) is 17.2 Å². The average molecular weight is 390 g/mol. The van der Waals surface area contributed by atoms with Crippen molar-refractivity contribution in [1.29, 1.82) is 0 Å². The van der Waals surface area contributed by atoms with Gasteiger partial charge in [-0.15, -0.1) is 0 Å².